The Morgan fingerprint density at radius 2 is 2.11 bits per heavy atom. The highest BCUT2D eigenvalue weighted by Crippen LogP contribution is 2.40. The number of hydrogen-bond acceptors (Lipinski definition) is 4. The van der Waals surface area contributed by atoms with Crippen LogP contribution in [0.25, 0.3) is 0 Å². The molecule has 4 heteroatoms. The third-order valence-corrected chi connectivity index (χ3v) is 4.74. The van der Waals surface area contributed by atoms with Gasteiger partial charge in [0.15, 0.2) is 5.82 Å². The molecule has 1 saturated carbocycles. The lowest BCUT2D eigenvalue weighted by molar-refractivity contribution is -0.0165. The van der Waals surface area contributed by atoms with Crippen LogP contribution >= 0.6 is 0 Å². The number of methoxy groups -OCH3 is 1. The summed E-state index contributed by atoms with van der Waals surface area (Å²) in [4.78, 5) is 9.50. The third kappa shape index (κ3) is 2.17. The monoisotopic (exact) mass is 261 g/mol. The van der Waals surface area contributed by atoms with Crippen molar-refractivity contribution in [2.45, 2.75) is 56.6 Å². The van der Waals surface area contributed by atoms with Gasteiger partial charge in [0.2, 0.25) is 0 Å². The summed E-state index contributed by atoms with van der Waals surface area (Å²) in [6.07, 6.45) is 10.0. The molecule has 0 bridgehead atoms. The van der Waals surface area contributed by atoms with Crippen LogP contribution in [0, 0.1) is 0 Å². The van der Waals surface area contributed by atoms with Gasteiger partial charge in [-0.1, -0.05) is 0 Å². The zero-order valence-electron chi connectivity index (χ0n) is 11.9. The second kappa shape index (κ2) is 5.17. The summed E-state index contributed by atoms with van der Waals surface area (Å²) in [6.45, 7) is 0. The minimum Gasteiger partial charge on any atom is -0.370 e. The molecule has 2 aliphatic carbocycles. The molecule has 1 unspecified atom stereocenters. The number of nitrogens with zero attached hydrogens (tertiary/aromatic N) is 2. The van der Waals surface area contributed by atoms with E-state index in [1.807, 2.05) is 13.2 Å². The van der Waals surface area contributed by atoms with Crippen molar-refractivity contribution in [2.24, 2.45) is 0 Å². The van der Waals surface area contributed by atoms with Crippen LogP contribution in [0.5, 0.6) is 0 Å². The number of hydrogen-bond donors (Lipinski definition) is 1. The number of ether oxygens (including phenoxy) is 1. The minimum absolute atomic E-state index is 0.221. The Morgan fingerprint density at radius 1 is 1.32 bits per heavy atom. The van der Waals surface area contributed by atoms with Gasteiger partial charge in [-0.3, -0.25) is 0 Å². The molecule has 0 aromatic carbocycles. The van der Waals surface area contributed by atoms with Crippen LogP contribution in [0.15, 0.2) is 6.20 Å². The Kier molecular flexibility index (Phi) is 3.54. The summed E-state index contributed by atoms with van der Waals surface area (Å²) in [7, 11) is 3.81. The van der Waals surface area contributed by atoms with Crippen molar-refractivity contribution < 1.29 is 4.74 Å². The van der Waals surface area contributed by atoms with E-state index in [2.05, 4.69) is 10.3 Å². The molecule has 104 valence electrons. The first-order valence-electron chi connectivity index (χ1n) is 7.38. The maximum atomic E-state index is 5.79. The Bertz CT molecular complexity index is 455. The Labute approximate surface area is 115 Å². The topological polar surface area (TPSA) is 47.0 Å². The SMILES string of the molecule is CNC1CCCc2nc(C3(OC)CCCC3)ncc21. The molecular formula is C15H23N3O. The van der Waals surface area contributed by atoms with Crippen LogP contribution in [0.4, 0.5) is 0 Å². The lowest BCUT2D eigenvalue weighted by atomic mass is 9.91. The van der Waals surface area contributed by atoms with Gasteiger partial charge >= 0.3 is 0 Å². The third-order valence-electron chi connectivity index (χ3n) is 4.74. The average Bonchev–Trinajstić information content (AvgIpc) is 2.96. The predicted molar refractivity (Wildman–Crippen MR) is 73.9 cm³/mol. The van der Waals surface area contributed by atoms with E-state index in [0.29, 0.717) is 6.04 Å². The van der Waals surface area contributed by atoms with E-state index in [-0.39, 0.29) is 5.60 Å². The fourth-order valence-electron chi connectivity index (χ4n) is 3.53. The summed E-state index contributed by atoms with van der Waals surface area (Å²) >= 11 is 0. The first kappa shape index (κ1) is 13.0. The van der Waals surface area contributed by atoms with Crippen LogP contribution in [-0.2, 0) is 16.8 Å². The van der Waals surface area contributed by atoms with Crippen LogP contribution in [0.2, 0.25) is 0 Å². The molecule has 0 spiro atoms. The number of rotatable bonds is 3. The second-order valence-electron chi connectivity index (χ2n) is 5.73. The molecule has 1 aromatic rings. The first-order chi connectivity index (χ1) is 9.29. The van der Waals surface area contributed by atoms with Crippen molar-refractivity contribution in [2.75, 3.05) is 14.2 Å². The van der Waals surface area contributed by atoms with Gasteiger partial charge in [0.25, 0.3) is 0 Å². The summed E-state index contributed by atoms with van der Waals surface area (Å²) in [6, 6.07) is 0.417. The fourth-order valence-corrected chi connectivity index (χ4v) is 3.53. The van der Waals surface area contributed by atoms with E-state index < -0.39 is 0 Å². The van der Waals surface area contributed by atoms with Crippen LogP contribution in [0.1, 0.15) is 61.6 Å². The molecule has 1 N–H and O–H groups in total. The van der Waals surface area contributed by atoms with Crippen molar-refractivity contribution in [3.8, 4) is 0 Å². The van der Waals surface area contributed by atoms with Gasteiger partial charge in [-0.25, -0.2) is 9.97 Å². The van der Waals surface area contributed by atoms with Gasteiger partial charge < -0.3 is 10.1 Å². The summed E-state index contributed by atoms with van der Waals surface area (Å²) in [5.41, 5.74) is 2.28. The van der Waals surface area contributed by atoms with Gasteiger partial charge in [-0.2, -0.15) is 0 Å². The zero-order chi connectivity index (χ0) is 13.3. The molecule has 19 heavy (non-hydrogen) atoms. The molecule has 1 atom stereocenters. The van der Waals surface area contributed by atoms with Gasteiger partial charge in [0.05, 0.1) is 0 Å². The molecule has 1 heterocycles. The first-order valence-corrected chi connectivity index (χ1v) is 7.38. The van der Waals surface area contributed by atoms with Crippen molar-refractivity contribution in [3.05, 3.63) is 23.3 Å². The number of aryl methyl sites for hydroxylation is 1. The zero-order valence-corrected chi connectivity index (χ0v) is 11.9. The van der Waals surface area contributed by atoms with Crippen LogP contribution < -0.4 is 5.32 Å². The Hall–Kier alpha value is -1.00. The number of aromatic nitrogens is 2. The largest absolute Gasteiger partial charge is 0.370 e. The maximum Gasteiger partial charge on any atom is 0.160 e. The normalized spacial score (nSPS) is 25.3. The average molecular weight is 261 g/mol. The molecule has 1 fully saturated rings. The van der Waals surface area contributed by atoms with Crippen molar-refractivity contribution in [1.29, 1.82) is 0 Å². The molecule has 1 aromatic heterocycles. The van der Waals surface area contributed by atoms with E-state index in [4.69, 9.17) is 9.72 Å². The highest BCUT2D eigenvalue weighted by atomic mass is 16.5. The van der Waals surface area contributed by atoms with Crippen molar-refractivity contribution >= 4 is 0 Å². The highest BCUT2D eigenvalue weighted by Gasteiger charge is 2.39. The number of nitrogens with one attached hydrogen (secondary N) is 1. The predicted octanol–water partition coefficient (Wildman–Crippen LogP) is 2.49. The molecule has 0 saturated heterocycles. The van der Waals surface area contributed by atoms with E-state index in [1.54, 1.807) is 7.11 Å². The molecular weight excluding hydrogens is 238 g/mol. The molecule has 0 radical (unpaired) electrons. The fraction of sp³-hybridized carbons (Fsp3) is 0.733. The smallest absolute Gasteiger partial charge is 0.160 e. The van der Waals surface area contributed by atoms with Crippen molar-refractivity contribution in [1.82, 2.24) is 15.3 Å². The lowest BCUT2D eigenvalue weighted by Crippen LogP contribution is -2.30. The standard InChI is InChI=1S/C15H23N3O/c1-16-12-6-5-7-13-11(12)10-17-14(18-13)15(19-2)8-3-4-9-15/h10,12,16H,3-9H2,1-2H3. The molecule has 2 aliphatic rings. The summed E-state index contributed by atoms with van der Waals surface area (Å²) < 4.78 is 5.79. The van der Waals surface area contributed by atoms with Crippen molar-refractivity contribution in [3.63, 3.8) is 0 Å². The second-order valence-corrected chi connectivity index (χ2v) is 5.73. The number of fused-ring (bicyclic) bond motifs is 1. The van der Waals surface area contributed by atoms with E-state index in [0.717, 1.165) is 25.1 Å². The van der Waals surface area contributed by atoms with E-state index in [9.17, 15) is 0 Å². The Morgan fingerprint density at radius 3 is 2.79 bits per heavy atom. The highest BCUT2D eigenvalue weighted by molar-refractivity contribution is 5.26. The van der Waals surface area contributed by atoms with Gasteiger partial charge in [0.1, 0.15) is 5.60 Å². The quantitative estimate of drug-likeness (QED) is 0.908. The summed E-state index contributed by atoms with van der Waals surface area (Å²) in [5, 5.41) is 3.36. The molecule has 4 nitrogen and oxygen atoms in total. The Balaban J connectivity index is 1.97. The molecule has 0 amide bonds. The minimum atomic E-state index is -0.221. The molecule has 3 rings (SSSR count). The van der Waals surface area contributed by atoms with Gasteiger partial charge in [-0.15, -0.1) is 0 Å². The maximum absolute atomic E-state index is 5.79. The van der Waals surface area contributed by atoms with Crippen LogP contribution in [0.3, 0.4) is 0 Å². The lowest BCUT2D eigenvalue weighted by Gasteiger charge is -2.29. The summed E-state index contributed by atoms with van der Waals surface area (Å²) in [5.74, 6) is 0.906. The van der Waals surface area contributed by atoms with E-state index >= 15 is 0 Å². The van der Waals surface area contributed by atoms with Gasteiger partial charge in [-0.05, 0) is 52.0 Å². The van der Waals surface area contributed by atoms with Gasteiger partial charge in [0, 0.05) is 30.6 Å². The molecule has 0 aliphatic heterocycles. The van der Waals surface area contributed by atoms with Crippen LogP contribution in [-0.4, -0.2) is 24.1 Å². The van der Waals surface area contributed by atoms with E-state index in [1.165, 1.54) is 36.9 Å².